The van der Waals surface area contributed by atoms with E-state index in [1.807, 2.05) is 36.1 Å². The van der Waals surface area contributed by atoms with Crippen molar-refractivity contribution >= 4 is 11.8 Å². The van der Waals surface area contributed by atoms with E-state index in [2.05, 4.69) is 17.1 Å². The van der Waals surface area contributed by atoms with Crippen LogP contribution in [0.25, 0.3) is 0 Å². The molecule has 0 aliphatic carbocycles. The molecule has 2 rings (SSSR count). The lowest BCUT2D eigenvalue weighted by Crippen LogP contribution is -2.55. The van der Waals surface area contributed by atoms with E-state index in [4.69, 9.17) is 0 Å². The molecule has 1 heterocycles. The molecule has 0 unspecified atom stereocenters. The van der Waals surface area contributed by atoms with E-state index < -0.39 is 5.41 Å². The van der Waals surface area contributed by atoms with Crippen molar-refractivity contribution in [2.75, 3.05) is 32.7 Å². The van der Waals surface area contributed by atoms with Gasteiger partial charge < -0.3 is 15.1 Å². The lowest BCUT2D eigenvalue weighted by atomic mass is 9.89. The Kier molecular flexibility index (Phi) is 5.99. The number of rotatable bonds is 5. The zero-order valence-corrected chi connectivity index (χ0v) is 15.3. The Labute approximate surface area is 145 Å². The summed E-state index contributed by atoms with van der Waals surface area (Å²) in [5, 5.41) is 2.90. The molecule has 0 bridgehead atoms. The Bertz CT molecular complexity index is 573. The molecule has 1 fully saturated rings. The smallest absolute Gasteiger partial charge is 0.237 e. The molecule has 1 aliphatic rings. The zero-order valence-electron chi connectivity index (χ0n) is 15.3. The van der Waals surface area contributed by atoms with Gasteiger partial charge in [-0.1, -0.05) is 36.8 Å². The number of benzene rings is 1. The van der Waals surface area contributed by atoms with Gasteiger partial charge in [-0.05, 0) is 32.9 Å². The van der Waals surface area contributed by atoms with Crippen molar-refractivity contribution in [3.63, 3.8) is 0 Å². The van der Waals surface area contributed by atoms with Crippen LogP contribution in [0.5, 0.6) is 0 Å². The molecular weight excluding hydrogens is 302 g/mol. The first-order valence-electron chi connectivity index (χ1n) is 8.70. The maximum Gasteiger partial charge on any atom is 0.237 e. The Morgan fingerprint density at radius 1 is 1.08 bits per heavy atom. The largest absolute Gasteiger partial charge is 0.351 e. The molecule has 1 aliphatic heterocycles. The fourth-order valence-corrected chi connectivity index (χ4v) is 2.87. The minimum Gasteiger partial charge on any atom is -0.351 e. The second-order valence-corrected chi connectivity index (χ2v) is 7.02. The number of aryl methyl sites for hydroxylation is 1. The Balaban J connectivity index is 1.91. The molecule has 1 saturated heterocycles. The molecule has 0 saturated carbocycles. The second kappa shape index (κ2) is 7.79. The molecule has 0 radical (unpaired) electrons. The van der Waals surface area contributed by atoms with Gasteiger partial charge in [-0.2, -0.15) is 0 Å². The molecular formula is C19H29N3O2. The number of amides is 2. The van der Waals surface area contributed by atoms with E-state index in [0.29, 0.717) is 19.6 Å². The number of carbonyl (C=O) groups is 2. The highest BCUT2D eigenvalue weighted by atomic mass is 16.2. The van der Waals surface area contributed by atoms with Crippen LogP contribution in [0.15, 0.2) is 24.3 Å². The Morgan fingerprint density at radius 3 is 2.21 bits per heavy atom. The van der Waals surface area contributed by atoms with Crippen molar-refractivity contribution < 1.29 is 9.59 Å². The summed E-state index contributed by atoms with van der Waals surface area (Å²) in [6.45, 7) is 12.2. The molecule has 1 N–H and O–H groups in total. The summed E-state index contributed by atoms with van der Waals surface area (Å²) in [5.41, 5.74) is 1.18. The molecule has 132 valence electrons. The SMILES string of the molecule is CCN1CCN(C(=O)C(C)(C)C(=O)NCc2ccc(C)cc2)CC1. The predicted octanol–water partition coefficient (Wildman–Crippen LogP) is 1.80. The normalized spacial score (nSPS) is 16.1. The van der Waals surface area contributed by atoms with E-state index in [0.717, 1.165) is 25.2 Å². The average molecular weight is 331 g/mol. The third kappa shape index (κ3) is 4.35. The molecule has 2 amide bonds. The lowest BCUT2D eigenvalue weighted by Gasteiger charge is -2.37. The second-order valence-electron chi connectivity index (χ2n) is 7.02. The van der Waals surface area contributed by atoms with E-state index in [9.17, 15) is 9.59 Å². The molecule has 0 spiro atoms. The highest BCUT2D eigenvalue weighted by molar-refractivity contribution is 6.04. The molecule has 1 aromatic rings. The Hall–Kier alpha value is -1.88. The number of nitrogens with zero attached hydrogens (tertiary/aromatic N) is 2. The highest BCUT2D eigenvalue weighted by Crippen LogP contribution is 2.21. The zero-order chi connectivity index (χ0) is 17.7. The molecule has 24 heavy (non-hydrogen) atoms. The molecule has 0 atom stereocenters. The fraction of sp³-hybridized carbons (Fsp3) is 0.579. The number of likely N-dealkylation sites (N-methyl/N-ethyl adjacent to an activating group) is 1. The first-order chi connectivity index (χ1) is 11.3. The van der Waals surface area contributed by atoms with Gasteiger partial charge in [-0.25, -0.2) is 0 Å². The summed E-state index contributed by atoms with van der Waals surface area (Å²) in [4.78, 5) is 29.4. The van der Waals surface area contributed by atoms with Crippen LogP contribution in [0.1, 0.15) is 31.9 Å². The third-order valence-electron chi connectivity index (χ3n) is 4.78. The van der Waals surface area contributed by atoms with Crippen LogP contribution in [-0.4, -0.2) is 54.3 Å². The predicted molar refractivity (Wildman–Crippen MR) is 95.5 cm³/mol. The average Bonchev–Trinajstić information content (AvgIpc) is 2.60. The van der Waals surface area contributed by atoms with Gasteiger partial charge in [0.2, 0.25) is 11.8 Å². The molecule has 1 aromatic carbocycles. The van der Waals surface area contributed by atoms with E-state index >= 15 is 0 Å². The van der Waals surface area contributed by atoms with Crippen LogP contribution in [0.3, 0.4) is 0 Å². The van der Waals surface area contributed by atoms with Crippen LogP contribution in [0, 0.1) is 12.3 Å². The fourth-order valence-electron chi connectivity index (χ4n) is 2.87. The van der Waals surface area contributed by atoms with Gasteiger partial charge in [-0.3, -0.25) is 9.59 Å². The van der Waals surface area contributed by atoms with E-state index in [-0.39, 0.29) is 11.8 Å². The van der Waals surface area contributed by atoms with Crippen molar-refractivity contribution in [2.24, 2.45) is 5.41 Å². The molecule has 0 aromatic heterocycles. The van der Waals surface area contributed by atoms with Crippen molar-refractivity contribution in [2.45, 2.75) is 34.2 Å². The summed E-state index contributed by atoms with van der Waals surface area (Å²) in [5.74, 6) is -0.300. The van der Waals surface area contributed by atoms with Crippen molar-refractivity contribution in [1.82, 2.24) is 15.1 Å². The Morgan fingerprint density at radius 2 is 1.67 bits per heavy atom. The maximum atomic E-state index is 12.8. The van der Waals surface area contributed by atoms with Gasteiger partial charge in [-0.15, -0.1) is 0 Å². The van der Waals surface area contributed by atoms with Gasteiger partial charge in [0.1, 0.15) is 5.41 Å². The number of piperazine rings is 1. The number of hydrogen-bond acceptors (Lipinski definition) is 3. The van der Waals surface area contributed by atoms with Crippen LogP contribution in [0.4, 0.5) is 0 Å². The highest BCUT2D eigenvalue weighted by Gasteiger charge is 2.39. The van der Waals surface area contributed by atoms with Gasteiger partial charge >= 0.3 is 0 Å². The lowest BCUT2D eigenvalue weighted by molar-refractivity contribution is -0.149. The van der Waals surface area contributed by atoms with Crippen molar-refractivity contribution in [3.8, 4) is 0 Å². The topological polar surface area (TPSA) is 52.7 Å². The third-order valence-corrected chi connectivity index (χ3v) is 4.78. The summed E-state index contributed by atoms with van der Waals surface area (Å²) in [6.07, 6.45) is 0. The summed E-state index contributed by atoms with van der Waals surface area (Å²) in [6, 6.07) is 8.03. The summed E-state index contributed by atoms with van der Waals surface area (Å²) < 4.78 is 0. The summed E-state index contributed by atoms with van der Waals surface area (Å²) in [7, 11) is 0. The van der Waals surface area contributed by atoms with Crippen LogP contribution >= 0.6 is 0 Å². The monoisotopic (exact) mass is 331 g/mol. The van der Waals surface area contributed by atoms with Crippen LogP contribution < -0.4 is 5.32 Å². The number of carbonyl (C=O) groups excluding carboxylic acids is 2. The van der Waals surface area contributed by atoms with Crippen molar-refractivity contribution in [1.29, 1.82) is 0 Å². The van der Waals surface area contributed by atoms with Crippen molar-refractivity contribution in [3.05, 3.63) is 35.4 Å². The van der Waals surface area contributed by atoms with Gasteiger partial charge in [0.05, 0.1) is 0 Å². The van der Waals surface area contributed by atoms with Crippen LogP contribution in [-0.2, 0) is 16.1 Å². The van der Waals surface area contributed by atoms with Gasteiger partial charge in [0.15, 0.2) is 0 Å². The first-order valence-corrected chi connectivity index (χ1v) is 8.70. The number of hydrogen-bond donors (Lipinski definition) is 1. The minimum atomic E-state index is -1.04. The quantitative estimate of drug-likeness (QED) is 0.837. The number of nitrogens with one attached hydrogen (secondary N) is 1. The van der Waals surface area contributed by atoms with Gasteiger partial charge in [0, 0.05) is 32.7 Å². The molecule has 5 nitrogen and oxygen atoms in total. The standard InChI is InChI=1S/C19H29N3O2/c1-5-21-10-12-22(13-11-21)18(24)19(3,4)17(23)20-14-16-8-6-15(2)7-9-16/h6-9H,5,10-14H2,1-4H3,(H,20,23). The first kappa shape index (κ1) is 18.5. The van der Waals surface area contributed by atoms with E-state index in [1.54, 1.807) is 13.8 Å². The summed E-state index contributed by atoms with van der Waals surface area (Å²) >= 11 is 0. The maximum absolute atomic E-state index is 12.8. The molecule has 5 heteroatoms. The van der Waals surface area contributed by atoms with Gasteiger partial charge in [0.25, 0.3) is 0 Å². The minimum absolute atomic E-state index is 0.0836. The van der Waals surface area contributed by atoms with Crippen LogP contribution in [0.2, 0.25) is 0 Å². The van der Waals surface area contributed by atoms with E-state index in [1.165, 1.54) is 5.56 Å².